The number of nitrogens with zero attached hydrogens (tertiary/aromatic N) is 1. The molecule has 0 unspecified atom stereocenters. The van der Waals surface area contributed by atoms with E-state index >= 15 is 0 Å². The molecule has 0 aromatic heterocycles. The van der Waals surface area contributed by atoms with Gasteiger partial charge in [-0.25, -0.2) is 13.1 Å². The van der Waals surface area contributed by atoms with Crippen LogP contribution in [0.5, 0.6) is 0 Å². The summed E-state index contributed by atoms with van der Waals surface area (Å²) in [7, 11) is -0.621. The van der Waals surface area contributed by atoms with Gasteiger partial charge in [0.1, 0.15) is 0 Å². The first-order valence-electron chi connectivity index (χ1n) is 6.64. The van der Waals surface area contributed by atoms with Gasteiger partial charge in [0.25, 0.3) is 0 Å². The van der Waals surface area contributed by atoms with Crippen molar-refractivity contribution in [2.24, 2.45) is 0 Å². The van der Waals surface area contributed by atoms with Crippen LogP contribution < -0.4 is 20.7 Å². The fourth-order valence-corrected chi connectivity index (χ4v) is 2.68. The Balaban J connectivity index is 3.13. The summed E-state index contributed by atoms with van der Waals surface area (Å²) < 4.78 is 25.7. The van der Waals surface area contributed by atoms with Crippen molar-refractivity contribution in [3.63, 3.8) is 0 Å². The minimum Gasteiger partial charge on any atom is -0.397 e. The smallest absolute Gasteiger partial charge is 0.240 e. The van der Waals surface area contributed by atoms with Crippen LogP contribution in [0.1, 0.15) is 13.3 Å². The Labute approximate surface area is 125 Å². The van der Waals surface area contributed by atoms with Gasteiger partial charge in [-0.3, -0.25) is 4.79 Å². The van der Waals surface area contributed by atoms with Crippen molar-refractivity contribution in [1.29, 1.82) is 0 Å². The van der Waals surface area contributed by atoms with Gasteiger partial charge in [0.15, 0.2) is 0 Å². The van der Waals surface area contributed by atoms with E-state index in [1.54, 1.807) is 13.1 Å². The maximum atomic E-state index is 11.7. The number of nitrogen functional groups attached to an aromatic ring is 1. The number of rotatable bonds is 7. The predicted octanol–water partition coefficient (Wildman–Crippen LogP) is 0.139. The molecule has 118 valence electrons. The van der Waals surface area contributed by atoms with E-state index in [1.165, 1.54) is 19.2 Å². The molecule has 8 heteroatoms. The van der Waals surface area contributed by atoms with Crippen molar-refractivity contribution >= 4 is 27.3 Å². The van der Waals surface area contributed by atoms with E-state index in [0.717, 1.165) is 6.42 Å². The number of hydrogen-bond donors (Lipinski definition) is 3. The van der Waals surface area contributed by atoms with E-state index in [0.29, 0.717) is 17.9 Å². The standard InChI is InChI=1S/C13H22N4O3S/c1-4-7-17(9-13(18)15-2)12-6-5-10(8-11(12)14)21(19,20)16-3/h5-6,8,16H,4,7,9,14H2,1-3H3,(H,15,18). The van der Waals surface area contributed by atoms with Gasteiger partial charge in [0, 0.05) is 13.6 Å². The summed E-state index contributed by atoms with van der Waals surface area (Å²) in [6.45, 7) is 2.81. The van der Waals surface area contributed by atoms with Crippen molar-refractivity contribution in [2.75, 3.05) is 37.8 Å². The van der Waals surface area contributed by atoms with Gasteiger partial charge in [-0.1, -0.05) is 6.92 Å². The zero-order valence-corrected chi connectivity index (χ0v) is 13.3. The van der Waals surface area contributed by atoms with Gasteiger partial charge in [-0.15, -0.1) is 0 Å². The lowest BCUT2D eigenvalue weighted by Crippen LogP contribution is -2.36. The number of benzene rings is 1. The molecule has 0 spiro atoms. The highest BCUT2D eigenvalue weighted by Gasteiger charge is 2.17. The Morgan fingerprint density at radius 3 is 2.48 bits per heavy atom. The first-order valence-corrected chi connectivity index (χ1v) is 8.12. The summed E-state index contributed by atoms with van der Waals surface area (Å²) >= 11 is 0. The van der Waals surface area contributed by atoms with E-state index in [1.807, 2.05) is 11.8 Å². The highest BCUT2D eigenvalue weighted by Crippen LogP contribution is 2.26. The Morgan fingerprint density at radius 2 is 2.00 bits per heavy atom. The van der Waals surface area contributed by atoms with E-state index in [2.05, 4.69) is 10.0 Å². The number of carbonyl (C=O) groups is 1. The van der Waals surface area contributed by atoms with Crippen molar-refractivity contribution in [1.82, 2.24) is 10.0 Å². The first kappa shape index (κ1) is 17.3. The van der Waals surface area contributed by atoms with Gasteiger partial charge in [0.2, 0.25) is 15.9 Å². The van der Waals surface area contributed by atoms with Crippen LogP contribution in [0.2, 0.25) is 0 Å². The average molecular weight is 314 g/mol. The van der Waals surface area contributed by atoms with Crippen molar-refractivity contribution in [3.8, 4) is 0 Å². The third-order valence-electron chi connectivity index (χ3n) is 3.03. The molecule has 0 saturated carbocycles. The number of likely N-dealkylation sites (N-methyl/N-ethyl adjacent to an activating group) is 1. The highest BCUT2D eigenvalue weighted by molar-refractivity contribution is 7.89. The zero-order valence-electron chi connectivity index (χ0n) is 12.5. The van der Waals surface area contributed by atoms with Crippen LogP contribution in [0.25, 0.3) is 0 Å². The number of hydrogen-bond acceptors (Lipinski definition) is 5. The summed E-state index contributed by atoms with van der Waals surface area (Å²) in [6.07, 6.45) is 0.840. The highest BCUT2D eigenvalue weighted by atomic mass is 32.2. The number of anilines is 2. The second-order valence-electron chi connectivity index (χ2n) is 4.52. The number of amides is 1. The SMILES string of the molecule is CCCN(CC(=O)NC)c1ccc(S(=O)(=O)NC)cc1N. The predicted molar refractivity (Wildman–Crippen MR) is 83.7 cm³/mol. The second kappa shape index (κ2) is 7.28. The maximum Gasteiger partial charge on any atom is 0.240 e. The fourth-order valence-electron chi connectivity index (χ4n) is 1.91. The lowest BCUT2D eigenvalue weighted by Gasteiger charge is -2.25. The topological polar surface area (TPSA) is 105 Å². The molecule has 0 atom stereocenters. The molecule has 0 radical (unpaired) electrons. The van der Waals surface area contributed by atoms with Gasteiger partial charge in [0.05, 0.1) is 22.8 Å². The first-order chi connectivity index (χ1) is 9.85. The van der Waals surface area contributed by atoms with Crippen LogP contribution in [0, 0.1) is 0 Å². The summed E-state index contributed by atoms with van der Waals surface area (Å²) in [4.78, 5) is 13.5. The molecule has 7 nitrogen and oxygen atoms in total. The lowest BCUT2D eigenvalue weighted by atomic mass is 10.2. The Kier molecular flexibility index (Phi) is 5.98. The third-order valence-corrected chi connectivity index (χ3v) is 4.44. The normalized spacial score (nSPS) is 11.2. The molecular weight excluding hydrogens is 292 g/mol. The molecule has 0 aliphatic rings. The second-order valence-corrected chi connectivity index (χ2v) is 6.41. The van der Waals surface area contributed by atoms with Gasteiger partial charge in [-0.05, 0) is 31.7 Å². The van der Waals surface area contributed by atoms with E-state index in [9.17, 15) is 13.2 Å². The summed E-state index contributed by atoms with van der Waals surface area (Å²) in [5.41, 5.74) is 6.93. The molecule has 0 bridgehead atoms. The molecule has 0 heterocycles. The summed E-state index contributed by atoms with van der Waals surface area (Å²) in [5.74, 6) is -0.130. The molecule has 0 aliphatic carbocycles. The number of nitrogens with two attached hydrogens (primary N) is 1. The lowest BCUT2D eigenvalue weighted by molar-refractivity contribution is -0.119. The monoisotopic (exact) mass is 314 g/mol. The van der Waals surface area contributed by atoms with E-state index in [4.69, 9.17) is 5.73 Å². The van der Waals surface area contributed by atoms with Crippen molar-refractivity contribution in [2.45, 2.75) is 18.2 Å². The van der Waals surface area contributed by atoms with Crippen LogP contribution in [0.3, 0.4) is 0 Å². The Bertz CT molecular complexity index is 601. The molecular formula is C13H22N4O3S. The van der Waals surface area contributed by atoms with Gasteiger partial charge >= 0.3 is 0 Å². The number of nitrogens with one attached hydrogen (secondary N) is 2. The average Bonchev–Trinajstić information content (AvgIpc) is 2.46. The zero-order chi connectivity index (χ0) is 16.0. The largest absolute Gasteiger partial charge is 0.397 e. The number of sulfonamides is 1. The quantitative estimate of drug-likeness (QED) is 0.621. The van der Waals surface area contributed by atoms with Crippen LogP contribution in [-0.2, 0) is 14.8 Å². The van der Waals surface area contributed by atoms with Crippen LogP contribution in [0.4, 0.5) is 11.4 Å². The van der Waals surface area contributed by atoms with Crippen LogP contribution in [0.15, 0.2) is 23.1 Å². The fraction of sp³-hybridized carbons (Fsp3) is 0.462. The summed E-state index contributed by atoms with van der Waals surface area (Å²) in [6, 6.07) is 4.50. The molecule has 1 aromatic carbocycles. The number of carbonyl (C=O) groups excluding carboxylic acids is 1. The Morgan fingerprint density at radius 1 is 1.33 bits per heavy atom. The third kappa shape index (κ3) is 4.33. The molecule has 1 amide bonds. The van der Waals surface area contributed by atoms with Crippen molar-refractivity contribution < 1.29 is 13.2 Å². The van der Waals surface area contributed by atoms with Gasteiger partial charge < -0.3 is 16.0 Å². The molecule has 21 heavy (non-hydrogen) atoms. The maximum absolute atomic E-state index is 11.7. The molecule has 0 aliphatic heterocycles. The molecule has 0 fully saturated rings. The van der Waals surface area contributed by atoms with Crippen molar-refractivity contribution in [3.05, 3.63) is 18.2 Å². The minimum atomic E-state index is -3.53. The summed E-state index contributed by atoms with van der Waals surface area (Å²) in [5, 5.41) is 2.56. The molecule has 0 saturated heterocycles. The van der Waals surface area contributed by atoms with Gasteiger partial charge in [-0.2, -0.15) is 0 Å². The van der Waals surface area contributed by atoms with E-state index < -0.39 is 10.0 Å². The minimum absolute atomic E-state index is 0.0997. The molecule has 4 N–H and O–H groups in total. The molecule has 1 rings (SSSR count). The molecule has 1 aromatic rings. The van der Waals surface area contributed by atoms with Crippen LogP contribution in [-0.4, -0.2) is 41.5 Å². The Hall–Kier alpha value is -1.80. The van der Waals surface area contributed by atoms with Crippen LogP contribution >= 0.6 is 0 Å². The van der Waals surface area contributed by atoms with E-state index in [-0.39, 0.29) is 17.3 Å².